The van der Waals surface area contributed by atoms with Gasteiger partial charge >= 0.3 is 0 Å². The Morgan fingerprint density at radius 1 is 1.39 bits per heavy atom. The fourth-order valence-electron chi connectivity index (χ4n) is 1.44. The molecule has 1 aromatic carbocycles. The summed E-state index contributed by atoms with van der Waals surface area (Å²) in [6.07, 6.45) is 0.649. The molecule has 0 atom stereocenters. The molecule has 0 radical (unpaired) electrons. The molecule has 6 heteroatoms. The molecule has 1 amide bonds. The molecule has 0 aromatic heterocycles. The Labute approximate surface area is 116 Å². The van der Waals surface area contributed by atoms with Crippen molar-refractivity contribution in [1.29, 1.82) is 0 Å². The maximum Gasteiger partial charge on any atom is 0.238 e. The molecule has 0 heterocycles. The van der Waals surface area contributed by atoms with Gasteiger partial charge in [0, 0.05) is 18.8 Å². The number of amides is 1. The summed E-state index contributed by atoms with van der Waals surface area (Å²) in [7, 11) is 1.82. The van der Waals surface area contributed by atoms with Crippen molar-refractivity contribution in [1.82, 2.24) is 4.90 Å². The SMILES string of the molecule is CN(CCCO)CC(=O)Nc1ccc(Cl)c(Cl)c1. The first-order valence-electron chi connectivity index (χ1n) is 5.57. The number of aliphatic hydroxyl groups excluding tert-OH is 1. The van der Waals surface area contributed by atoms with Crippen molar-refractivity contribution in [3.05, 3.63) is 28.2 Å². The Morgan fingerprint density at radius 3 is 2.72 bits per heavy atom. The lowest BCUT2D eigenvalue weighted by Gasteiger charge is -2.15. The van der Waals surface area contributed by atoms with E-state index in [1.165, 1.54) is 0 Å². The van der Waals surface area contributed by atoms with Crippen LogP contribution in [0.2, 0.25) is 10.0 Å². The summed E-state index contributed by atoms with van der Waals surface area (Å²) >= 11 is 11.6. The second-order valence-electron chi connectivity index (χ2n) is 3.99. The second-order valence-corrected chi connectivity index (χ2v) is 4.81. The van der Waals surface area contributed by atoms with E-state index in [1.807, 2.05) is 11.9 Å². The highest BCUT2D eigenvalue weighted by molar-refractivity contribution is 6.42. The van der Waals surface area contributed by atoms with E-state index in [1.54, 1.807) is 18.2 Å². The number of nitrogens with one attached hydrogen (secondary N) is 1. The Kier molecular flexibility index (Phi) is 6.43. The second kappa shape index (κ2) is 7.59. The summed E-state index contributed by atoms with van der Waals surface area (Å²) in [6, 6.07) is 4.93. The largest absolute Gasteiger partial charge is 0.396 e. The van der Waals surface area contributed by atoms with Crippen molar-refractivity contribution in [2.45, 2.75) is 6.42 Å². The standard InChI is InChI=1S/C12H16Cl2N2O2/c1-16(5-2-6-17)8-12(18)15-9-3-4-10(13)11(14)7-9/h3-4,7,17H,2,5-6,8H2,1H3,(H,15,18). The highest BCUT2D eigenvalue weighted by Gasteiger charge is 2.07. The maximum absolute atomic E-state index is 11.7. The number of carbonyl (C=O) groups is 1. The number of hydrogen-bond donors (Lipinski definition) is 2. The van der Waals surface area contributed by atoms with Crippen LogP contribution in [-0.4, -0.2) is 42.7 Å². The number of anilines is 1. The third-order valence-corrected chi connectivity index (χ3v) is 3.05. The van der Waals surface area contributed by atoms with Crippen molar-refractivity contribution < 1.29 is 9.90 Å². The van der Waals surface area contributed by atoms with E-state index < -0.39 is 0 Å². The van der Waals surface area contributed by atoms with Gasteiger partial charge in [0.15, 0.2) is 0 Å². The lowest BCUT2D eigenvalue weighted by atomic mass is 10.3. The number of hydrogen-bond acceptors (Lipinski definition) is 3. The zero-order valence-corrected chi connectivity index (χ0v) is 11.6. The van der Waals surface area contributed by atoms with Crippen LogP contribution in [0, 0.1) is 0 Å². The number of nitrogens with zero attached hydrogens (tertiary/aromatic N) is 1. The Hall–Kier alpha value is -0.810. The number of halogens is 2. The van der Waals surface area contributed by atoms with Gasteiger partial charge in [-0.1, -0.05) is 23.2 Å². The van der Waals surface area contributed by atoms with Gasteiger partial charge in [0.25, 0.3) is 0 Å². The van der Waals surface area contributed by atoms with Gasteiger partial charge in [-0.2, -0.15) is 0 Å². The van der Waals surface area contributed by atoms with Gasteiger partial charge in [-0.3, -0.25) is 9.69 Å². The highest BCUT2D eigenvalue weighted by Crippen LogP contribution is 2.24. The molecule has 0 saturated carbocycles. The molecule has 0 aliphatic heterocycles. The summed E-state index contributed by atoms with van der Waals surface area (Å²) < 4.78 is 0. The molecule has 0 bridgehead atoms. The average Bonchev–Trinajstić information content (AvgIpc) is 2.31. The molecule has 4 nitrogen and oxygen atoms in total. The van der Waals surface area contributed by atoms with Crippen molar-refractivity contribution in [2.24, 2.45) is 0 Å². The molecule has 0 unspecified atom stereocenters. The van der Waals surface area contributed by atoms with Crippen molar-refractivity contribution in [3.8, 4) is 0 Å². The van der Waals surface area contributed by atoms with Gasteiger partial charge in [-0.15, -0.1) is 0 Å². The molecule has 18 heavy (non-hydrogen) atoms. The number of carbonyl (C=O) groups excluding carboxylic acids is 1. The fourth-order valence-corrected chi connectivity index (χ4v) is 1.74. The minimum atomic E-state index is -0.131. The van der Waals surface area contributed by atoms with E-state index in [4.69, 9.17) is 28.3 Å². The zero-order valence-electron chi connectivity index (χ0n) is 10.1. The van der Waals surface area contributed by atoms with E-state index in [9.17, 15) is 4.79 Å². The molecule has 2 N–H and O–H groups in total. The Bertz CT molecular complexity index is 413. The first-order valence-corrected chi connectivity index (χ1v) is 6.33. The van der Waals surface area contributed by atoms with Gasteiger partial charge < -0.3 is 10.4 Å². The van der Waals surface area contributed by atoms with Gasteiger partial charge in [0.2, 0.25) is 5.91 Å². The number of aliphatic hydroxyl groups is 1. The average molecular weight is 291 g/mol. The summed E-state index contributed by atoms with van der Waals surface area (Å²) in [5.74, 6) is -0.131. The van der Waals surface area contributed by atoms with Crippen LogP contribution in [0.15, 0.2) is 18.2 Å². The predicted octanol–water partition coefficient (Wildman–Crippen LogP) is 2.25. The van der Waals surface area contributed by atoms with Crippen LogP contribution < -0.4 is 5.32 Å². The summed E-state index contributed by atoms with van der Waals surface area (Å²) in [6.45, 7) is 1.06. The van der Waals surface area contributed by atoms with E-state index >= 15 is 0 Å². The van der Waals surface area contributed by atoms with E-state index in [-0.39, 0.29) is 19.1 Å². The van der Waals surface area contributed by atoms with E-state index in [0.29, 0.717) is 28.7 Å². The first-order chi connectivity index (χ1) is 8.52. The molecule has 0 spiro atoms. The van der Waals surface area contributed by atoms with Gasteiger partial charge in [-0.05, 0) is 31.7 Å². The number of rotatable bonds is 6. The van der Waals surface area contributed by atoms with Gasteiger partial charge in [-0.25, -0.2) is 0 Å². The van der Waals surface area contributed by atoms with Crippen LogP contribution in [0.1, 0.15) is 6.42 Å². The highest BCUT2D eigenvalue weighted by atomic mass is 35.5. The number of benzene rings is 1. The monoisotopic (exact) mass is 290 g/mol. The van der Waals surface area contributed by atoms with E-state index in [0.717, 1.165) is 0 Å². The molecule has 1 rings (SSSR count). The van der Waals surface area contributed by atoms with Crippen LogP contribution in [0.25, 0.3) is 0 Å². The van der Waals surface area contributed by atoms with Crippen molar-refractivity contribution >= 4 is 34.8 Å². The molecule has 0 aliphatic carbocycles. The quantitative estimate of drug-likeness (QED) is 0.845. The van der Waals surface area contributed by atoms with Gasteiger partial charge in [0.05, 0.1) is 16.6 Å². The molecule has 100 valence electrons. The Balaban J connectivity index is 2.46. The third kappa shape index (κ3) is 5.23. The van der Waals surface area contributed by atoms with Crippen LogP contribution in [-0.2, 0) is 4.79 Å². The fraction of sp³-hybridized carbons (Fsp3) is 0.417. The summed E-state index contributed by atoms with van der Waals surface area (Å²) in [4.78, 5) is 13.5. The van der Waals surface area contributed by atoms with Crippen molar-refractivity contribution in [3.63, 3.8) is 0 Å². The molecular formula is C12H16Cl2N2O2. The van der Waals surface area contributed by atoms with Crippen LogP contribution in [0.3, 0.4) is 0 Å². The molecular weight excluding hydrogens is 275 g/mol. The first kappa shape index (κ1) is 15.2. The molecule has 0 saturated heterocycles. The minimum absolute atomic E-state index is 0.124. The maximum atomic E-state index is 11.7. The lowest BCUT2D eigenvalue weighted by Crippen LogP contribution is -2.31. The normalized spacial score (nSPS) is 10.7. The molecule has 1 aromatic rings. The van der Waals surface area contributed by atoms with Crippen LogP contribution in [0.4, 0.5) is 5.69 Å². The third-order valence-electron chi connectivity index (χ3n) is 2.31. The predicted molar refractivity (Wildman–Crippen MR) is 74.3 cm³/mol. The van der Waals surface area contributed by atoms with Gasteiger partial charge in [0.1, 0.15) is 0 Å². The minimum Gasteiger partial charge on any atom is -0.396 e. The smallest absolute Gasteiger partial charge is 0.238 e. The lowest BCUT2D eigenvalue weighted by molar-refractivity contribution is -0.117. The van der Waals surface area contributed by atoms with Crippen LogP contribution >= 0.6 is 23.2 Å². The number of likely N-dealkylation sites (N-methyl/N-ethyl adjacent to an activating group) is 1. The summed E-state index contributed by atoms with van der Waals surface area (Å²) in [5, 5.41) is 12.3. The topological polar surface area (TPSA) is 52.6 Å². The zero-order chi connectivity index (χ0) is 13.5. The van der Waals surface area contributed by atoms with E-state index in [2.05, 4.69) is 5.32 Å². The summed E-state index contributed by atoms with van der Waals surface area (Å²) in [5.41, 5.74) is 0.616. The molecule has 0 aliphatic rings. The molecule has 0 fully saturated rings. The van der Waals surface area contributed by atoms with Crippen molar-refractivity contribution in [2.75, 3.05) is 32.1 Å². The van der Waals surface area contributed by atoms with Crippen LogP contribution in [0.5, 0.6) is 0 Å². The Morgan fingerprint density at radius 2 is 2.11 bits per heavy atom.